The van der Waals surface area contributed by atoms with Gasteiger partial charge in [-0.05, 0) is 29.8 Å². The number of imidazole rings is 1. The maximum atomic E-state index is 8.88. The second-order valence-corrected chi connectivity index (χ2v) is 4.15. The maximum Gasteiger partial charge on any atom is 0.306 e. The van der Waals surface area contributed by atoms with Gasteiger partial charge in [-0.3, -0.25) is 4.98 Å². The molecule has 0 spiro atoms. The highest BCUT2D eigenvalue weighted by molar-refractivity contribution is 6.28. The zero-order valence-electron chi connectivity index (χ0n) is 9.61. The third-order valence-electron chi connectivity index (χ3n) is 2.56. The smallest absolute Gasteiger partial charge is 0.306 e. The highest BCUT2D eigenvalue weighted by Gasteiger charge is 2.14. The fourth-order valence-corrected chi connectivity index (χ4v) is 1.91. The molecule has 0 saturated heterocycles. The van der Waals surface area contributed by atoms with Gasteiger partial charge >= 0.3 is 10.9 Å². The highest BCUT2D eigenvalue weighted by atomic mass is 35.5. The first-order valence-electron chi connectivity index (χ1n) is 5.46. The molecule has 0 aliphatic carbocycles. The first-order valence-corrected chi connectivity index (χ1v) is 5.83. The minimum atomic E-state index is 0.141. The van der Waals surface area contributed by atoms with Crippen LogP contribution in [-0.2, 0) is 0 Å². The van der Waals surface area contributed by atoms with E-state index in [4.69, 9.17) is 16.9 Å². The van der Waals surface area contributed by atoms with E-state index >= 15 is 0 Å². The van der Waals surface area contributed by atoms with Crippen molar-refractivity contribution in [3.8, 4) is 6.07 Å². The second kappa shape index (κ2) is 4.55. The normalized spacial score (nSPS) is 10.3. The van der Waals surface area contributed by atoms with E-state index in [0.717, 1.165) is 5.69 Å². The number of hydrogen-bond acceptors (Lipinski definition) is 4. The molecule has 0 aliphatic rings. The number of benzene rings is 1. The van der Waals surface area contributed by atoms with Crippen LogP contribution in [0, 0.1) is 11.3 Å². The molecule has 3 aromatic rings. The number of H-pyrrole nitrogens is 2. The van der Waals surface area contributed by atoms with Crippen LogP contribution in [0.4, 0.5) is 11.5 Å². The summed E-state index contributed by atoms with van der Waals surface area (Å²) in [6.07, 6.45) is 1.65. The predicted octanol–water partition coefficient (Wildman–Crippen LogP) is 2.04. The number of hydrogen-bond donors (Lipinski definition) is 2. The van der Waals surface area contributed by atoms with Crippen LogP contribution in [0.3, 0.4) is 0 Å². The lowest BCUT2D eigenvalue weighted by atomic mass is 10.2. The van der Waals surface area contributed by atoms with Crippen molar-refractivity contribution in [3.63, 3.8) is 0 Å². The average Bonchev–Trinajstić information content (AvgIpc) is 2.87. The van der Waals surface area contributed by atoms with E-state index in [1.165, 1.54) is 0 Å². The van der Waals surface area contributed by atoms with Gasteiger partial charge in [-0.15, -0.1) is 0 Å². The van der Waals surface area contributed by atoms with Crippen molar-refractivity contribution in [1.82, 2.24) is 15.0 Å². The standard InChI is InChI=1S/C12H7ClN6/c13-12-18-10-9(15-6-16-10)11(19-12)17-8-3-1-2-7(4-8)5-14/h1-4,6H,(H2,15,16,17,18,19)/p+1. The Morgan fingerprint density at radius 2 is 2.26 bits per heavy atom. The van der Waals surface area contributed by atoms with Gasteiger partial charge in [0.2, 0.25) is 5.52 Å². The van der Waals surface area contributed by atoms with E-state index in [0.29, 0.717) is 22.5 Å². The Hall–Kier alpha value is -2.65. The summed E-state index contributed by atoms with van der Waals surface area (Å²) in [4.78, 5) is 14.1. The van der Waals surface area contributed by atoms with Crippen LogP contribution < -0.4 is 10.3 Å². The highest BCUT2D eigenvalue weighted by Crippen LogP contribution is 2.22. The molecule has 1 aromatic carbocycles. The quantitative estimate of drug-likeness (QED) is 0.698. The Kier molecular flexibility index (Phi) is 2.74. The fourth-order valence-electron chi connectivity index (χ4n) is 1.74. The first-order chi connectivity index (χ1) is 9.26. The van der Waals surface area contributed by atoms with Crippen molar-refractivity contribution in [2.45, 2.75) is 0 Å². The van der Waals surface area contributed by atoms with Gasteiger partial charge < -0.3 is 5.32 Å². The first kappa shape index (κ1) is 11.4. The third-order valence-corrected chi connectivity index (χ3v) is 2.73. The summed E-state index contributed by atoms with van der Waals surface area (Å²) >= 11 is 5.86. The fraction of sp³-hybridized carbons (Fsp3) is 0. The molecule has 2 aromatic heterocycles. The monoisotopic (exact) mass is 271 g/mol. The molecule has 3 rings (SSSR count). The number of nitrogens with one attached hydrogen (secondary N) is 3. The van der Waals surface area contributed by atoms with E-state index in [2.05, 4.69) is 31.3 Å². The Labute approximate surface area is 113 Å². The largest absolute Gasteiger partial charge is 0.337 e. The van der Waals surface area contributed by atoms with Gasteiger partial charge in [-0.1, -0.05) is 11.1 Å². The molecule has 0 amide bonds. The van der Waals surface area contributed by atoms with Gasteiger partial charge in [-0.2, -0.15) is 10.2 Å². The molecule has 92 valence electrons. The van der Waals surface area contributed by atoms with Crippen LogP contribution in [0.15, 0.2) is 30.6 Å². The van der Waals surface area contributed by atoms with Crippen molar-refractivity contribution in [2.24, 2.45) is 0 Å². The number of nitrogens with zero attached hydrogens (tertiary/aromatic N) is 3. The molecule has 0 saturated carbocycles. The molecule has 2 heterocycles. The van der Waals surface area contributed by atoms with E-state index < -0.39 is 0 Å². The Balaban J connectivity index is 2.05. The second-order valence-electron chi connectivity index (χ2n) is 3.82. The molecule has 3 N–H and O–H groups in total. The molecule has 0 bridgehead atoms. The van der Waals surface area contributed by atoms with Crippen LogP contribution in [-0.4, -0.2) is 15.0 Å². The van der Waals surface area contributed by atoms with Crippen molar-refractivity contribution in [3.05, 3.63) is 41.4 Å². The summed E-state index contributed by atoms with van der Waals surface area (Å²) in [6.45, 7) is 0. The van der Waals surface area contributed by atoms with E-state index in [1.807, 2.05) is 6.07 Å². The zero-order valence-corrected chi connectivity index (χ0v) is 10.4. The summed E-state index contributed by atoms with van der Waals surface area (Å²) < 4.78 is 0. The molecule has 6 nitrogen and oxygen atoms in total. The number of nitriles is 1. The molecular formula is C12H8ClN6+. The summed E-state index contributed by atoms with van der Waals surface area (Å²) in [5.41, 5.74) is 2.65. The van der Waals surface area contributed by atoms with Crippen molar-refractivity contribution in [1.29, 1.82) is 5.26 Å². The molecule has 7 heteroatoms. The maximum absolute atomic E-state index is 8.88. The lowest BCUT2D eigenvalue weighted by Crippen LogP contribution is -2.01. The number of halogens is 1. The SMILES string of the molecule is N#Cc1cccc(Nc2nc(Cl)nc3[nH+]c[nH]c23)c1. The van der Waals surface area contributed by atoms with E-state index in [1.54, 1.807) is 24.5 Å². The minimum Gasteiger partial charge on any atom is -0.337 e. The zero-order chi connectivity index (χ0) is 13.2. The van der Waals surface area contributed by atoms with Gasteiger partial charge in [-0.25, -0.2) is 4.98 Å². The van der Waals surface area contributed by atoms with Crippen LogP contribution in [0.5, 0.6) is 0 Å². The average molecular weight is 272 g/mol. The van der Waals surface area contributed by atoms with Crippen LogP contribution >= 0.6 is 11.6 Å². The number of aromatic nitrogens is 4. The summed E-state index contributed by atoms with van der Waals surface area (Å²) in [5.74, 6) is 0.548. The summed E-state index contributed by atoms with van der Waals surface area (Å²) in [7, 11) is 0. The third kappa shape index (κ3) is 2.19. The molecular weight excluding hydrogens is 264 g/mol. The van der Waals surface area contributed by atoms with Crippen molar-refractivity contribution >= 4 is 34.3 Å². The van der Waals surface area contributed by atoms with Gasteiger partial charge in [0.15, 0.2) is 12.1 Å². The van der Waals surface area contributed by atoms with Crippen LogP contribution in [0.2, 0.25) is 5.28 Å². The number of aromatic amines is 2. The summed E-state index contributed by atoms with van der Waals surface area (Å²) in [6, 6.07) is 9.18. The molecule has 0 atom stereocenters. The van der Waals surface area contributed by atoms with E-state index in [-0.39, 0.29) is 5.28 Å². The molecule has 0 unspecified atom stereocenters. The minimum absolute atomic E-state index is 0.141. The van der Waals surface area contributed by atoms with Gasteiger partial charge in [0.05, 0.1) is 11.6 Å². The predicted molar refractivity (Wildman–Crippen MR) is 69.9 cm³/mol. The lowest BCUT2D eigenvalue weighted by molar-refractivity contribution is -0.347. The van der Waals surface area contributed by atoms with Gasteiger partial charge in [0.25, 0.3) is 0 Å². The van der Waals surface area contributed by atoms with Gasteiger partial charge in [0.1, 0.15) is 0 Å². The molecule has 0 fully saturated rings. The molecule has 19 heavy (non-hydrogen) atoms. The van der Waals surface area contributed by atoms with E-state index in [9.17, 15) is 0 Å². The molecule has 0 radical (unpaired) electrons. The summed E-state index contributed by atoms with van der Waals surface area (Å²) in [5, 5.41) is 12.1. The Morgan fingerprint density at radius 1 is 1.37 bits per heavy atom. The van der Waals surface area contributed by atoms with Crippen LogP contribution in [0.25, 0.3) is 11.2 Å². The Morgan fingerprint density at radius 3 is 3.11 bits per heavy atom. The van der Waals surface area contributed by atoms with Crippen molar-refractivity contribution < 1.29 is 4.98 Å². The Bertz CT molecular complexity index is 788. The topological polar surface area (TPSA) is 91.5 Å². The number of fused-ring (bicyclic) bond motifs is 1. The van der Waals surface area contributed by atoms with Crippen LogP contribution in [0.1, 0.15) is 5.56 Å². The molecule has 0 aliphatic heterocycles. The lowest BCUT2D eigenvalue weighted by Gasteiger charge is -2.04. The van der Waals surface area contributed by atoms with Gasteiger partial charge in [0, 0.05) is 5.69 Å². The number of rotatable bonds is 2. The number of anilines is 2. The van der Waals surface area contributed by atoms with Crippen molar-refractivity contribution in [2.75, 3.05) is 5.32 Å².